The lowest BCUT2D eigenvalue weighted by Crippen LogP contribution is -2.54. The molecule has 0 unspecified atom stereocenters. The normalized spacial score (nSPS) is 17.1. The van der Waals surface area contributed by atoms with Gasteiger partial charge in [0.1, 0.15) is 35.5 Å². The third-order valence-corrected chi connectivity index (χ3v) is 9.32. The summed E-state index contributed by atoms with van der Waals surface area (Å²) in [5.74, 6) is -1.18. The van der Waals surface area contributed by atoms with Crippen LogP contribution in [0.25, 0.3) is 11.0 Å². The lowest BCUT2D eigenvalue weighted by Gasteiger charge is -2.35. The minimum Gasteiger partial charge on any atom is -0.497 e. The van der Waals surface area contributed by atoms with Crippen molar-refractivity contribution in [1.29, 1.82) is 0 Å². The molecule has 0 bridgehead atoms. The summed E-state index contributed by atoms with van der Waals surface area (Å²) in [5, 5.41) is 6.19. The number of nitrogens with one attached hydrogen (secondary N) is 2. The second-order valence-corrected chi connectivity index (χ2v) is 12.4. The van der Waals surface area contributed by atoms with Gasteiger partial charge in [0.25, 0.3) is 0 Å². The van der Waals surface area contributed by atoms with Gasteiger partial charge in [0.15, 0.2) is 0 Å². The van der Waals surface area contributed by atoms with Gasteiger partial charge in [-0.1, -0.05) is 32.3 Å². The molecule has 1 saturated carbocycles. The number of piperazine rings is 1. The Labute approximate surface area is 274 Å². The molecule has 4 amide bonds. The van der Waals surface area contributed by atoms with Gasteiger partial charge in [0.2, 0.25) is 24.1 Å². The van der Waals surface area contributed by atoms with Crippen molar-refractivity contribution in [2.45, 2.75) is 64.0 Å². The zero-order valence-corrected chi connectivity index (χ0v) is 27.3. The van der Waals surface area contributed by atoms with E-state index >= 15 is 4.39 Å². The number of amides is 4. The van der Waals surface area contributed by atoms with E-state index in [-0.39, 0.29) is 36.3 Å². The molecule has 252 valence electrons. The molecule has 3 aromatic rings. The van der Waals surface area contributed by atoms with Crippen LogP contribution in [0.5, 0.6) is 5.75 Å². The molecule has 0 spiro atoms. The van der Waals surface area contributed by atoms with Gasteiger partial charge in [0, 0.05) is 50.5 Å². The number of hydrogen-bond acceptors (Lipinski definition) is 7. The van der Waals surface area contributed by atoms with Crippen LogP contribution in [0, 0.1) is 11.7 Å². The Hall–Kier alpha value is -4.45. The van der Waals surface area contributed by atoms with Crippen LogP contribution >= 0.6 is 0 Å². The van der Waals surface area contributed by atoms with E-state index in [1.165, 1.54) is 23.3 Å². The number of methoxy groups -OCH3 is 1. The third kappa shape index (κ3) is 7.93. The van der Waals surface area contributed by atoms with Crippen LogP contribution in [-0.4, -0.2) is 86.4 Å². The average molecular weight is 650 g/mol. The summed E-state index contributed by atoms with van der Waals surface area (Å²) in [7, 11) is 3.54. The van der Waals surface area contributed by atoms with E-state index in [0.717, 1.165) is 45.2 Å². The van der Waals surface area contributed by atoms with Crippen molar-refractivity contribution in [3.63, 3.8) is 0 Å². The molecule has 1 saturated heterocycles. The molecule has 2 aliphatic rings. The highest BCUT2D eigenvalue weighted by Crippen LogP contribution is 2.37. The van der Waals surface area contributed by atoms with Crippen LogP contribution in [0.15, 0.2) is 47.1 Å². The van der Waals surface area contributed by atoms with Crippen LogP contribution in [0.4, 0.5) is 15.8 Å². The van der Waals surface area contributed by atoms with Crippen molar-refractivity contribution < 1.29 is 32.7 Å². The number of anilines is 2. The summed E-state index contributed by atoms with van der Waals surface area (Å²) >= 11 is 0. The summed E-state index contributed by atoms with van der Waals surface area (Å²) in [5.41, 5.74) is 1.43. The zero-order chi connectivity index (χ0) is 33.5. The maximum absolute atomic E-state index is 15.6. The quantitative estimate of drug-likeness (QED) is 0.280. The summed E-state index contributed by atoms with van der Waals surface area (Å²) in [6.07, 6.45) is 6.81. The number of fused-ring (bicyclic) bond motifs is 1. The monoisotopic (exact) mass is 649 g/mol. The highest BCUT2D eigenvalue weighted by Gasteiger charge is 2.37. The fraction of sp³-hybridized carbons (Fsp3) is 0.486. The molecule has 47 heavy (non-hydrogen) atoms. The van der Waals surface area contributed by atoms with Crippen molar-refractivity contribution in [3.8, 4) is 5.75 Å². The molecule has 2 heterocycles. The Balaban J connectivity index is 1.36. The molecule has 12 heteroatoms. The Morgan fingerprint density at radius 1 is 1.09 bits per heavy atom. The number of carbonyl (C=O) groups is 4. The van der Waals surface area contributed by atoms with Gasteiger partial charge in [-0.3, -0.25) is 24.1 Å². The molecule has 1 aromatic heterocycles. The van der Waals surface area contributed by atoms with E-state index in [0.29, 0.717) is 47.5 Å². The second-order valence-electron chi connectivity index (χ2n) is 12.4. The van der Waals surface area contributed by atoms with Crippen LogP contribution < -0.4 is 20.3 Å². The zero-order valence-electron chi connectivity index (χ0n) is 27.3. The summed E-state index contributed by atoms with van der Waals surface area (Å²) in [6.45, 7) is 4.28. The summed E-state index contributed by atoms with van der Waals surface area (Å²) in [4.78, 5) is 57.6. The number of benzene rings is 2. The van der Waals surface area contributed by atoms with Crippen LogP contribution in [0.1, 0.15) is 51.0 Å². The van der Waals surface area contributed by atoms with Crippen molar-refractivity contribution in [3.05, 3.63) is 54.0 Å². The van der Waals surface area contributed by atoms with E-state index in [1.54, 1.807) is 43.2 Å². The highest BCUT2D eigenvalue weighted by molar-refractivity contribution is 6.04. The van der Waals surface area contributed by atoms with E-state index in [9.17, 15) is 19.2 Å². The predicted molar refractivity (Wildman–Crippen MR) is 177 cm³/mol. The van der Waals surface area contributed by atoms with Crippen LogP contribution in [0.2, 0.25) is 0 Å². The van der Waals surface area contributed by atoms with E-state index < -0.39 is 23.8 Å². The molecular formula is C35H44FN5O6. The molecule has 0 radical (unpaired) electrons. The first-order valence-corrected chi connectivity index (χ1v) is 16.4. The first-order valence-electron chi connectivity index (χ1n) is 16.4. The molecular weight excluding hydrogens is 605 g/mol. The van der Waals surface area contributed by atoms with Gasteiger partial charge in [-0.15, -0.1) is 0 Å². The average Bonchev–Trinajstić information content (AvgIpc) is 3.51. The molecule has 1 aliphatic heterocycles. The molecule has 11 nitrogen and oxygen atoms in total. The van der Waals surface area contributed by atoms with Crippen molar-refractivity contribution >= 4 is 46.5 Å². The maximum atomic E-state index is 15.6. The number of nitrogens with zero attached hydrogens (tertiary/aromatic N) is 3. The fourth-order valence-corrected chi connectivity index (χ4v) is 6.58. The van der Waals surface area contributed by atoms with Crippen molar-refractivity contribution in [2.24, 2.45) is 5.92 Å². The molecule has 5 rings (SSSR count). The largest absolute Gasteiger partial charge is 0.497 e. The van der Waals surface area contributed by atoms with Gasteiger partial charge in [0.05, 0.1) is 18.5 Å². The molecule has 1 aliphatic carbocycles. The first-order chi connectivity index (χ1) is 22.7. The fourth-order valence-electron chi connectivity index (χ4n) is 6.58. The Morgan fingerprint density at radius 2 is 1.83 bits per heavy atom. The minimum atomic E-state index is -0.898. The summed E-state index contributed by atoms with van der Waals surface area (Å²) in [6, 6.07) is 7.90. The number of hydrogen-bond donors (Lipinski definition) is 2. The highest BCUT2D eigenvalue weighted by atomic mass is 19.1. The molecule has 2 aromatic carbocycles. The third-order valence-electron chi connectivity index (χ3n) is 9.32. The number of rotatable bonds is 12. The number of carbonyl (C=O) groups excluding carboxylic acids is 4. The predicted octanol–water partition coefficient (Wildman–Crippen LogP) is 4.34. The SMILES string of the molecule is CCC(=O)N[C@H](Cc1ccc(NC(=O)[C@H](C2CCCCC2)N(C=O)c2coc3cc(OC)ccc23)c(F)c1)C(=O)N1CCN(C)CC1. The van der Waals surface area contributed by atoms with E-state index in [2.05, 4.69) is 15.5 Å². The standard InChI is InChI=1S/C35H44FN5O6/c1-4-32(43)37-29(35(45)40-16-14-39(2)15-17-40)19-23-10-13-28(27(36)18-23)38-34(44)33(24-8-6-5-7-9-24)41(22-42)30-21-47-31-20-25(46-3)11-12-26(30)31/h10-13,18,20-22,24,29,33H,4-9,14-17,19H2,1-3H3,(H,37,43)(H,38,44)/t29-,33+/m1/s1. The maximum Gasteiger partial charge on any atom is 0.247 e. The van der Waals surface area contributed by atoms with Crippen molar-refractivity contribution in [1.82, 2.24) is 15.1 Å². The number of furan rings is 1. The van der Waals surface area contributed by atoms with Gasteiger partial charge in [-0.05, 0) is 55.6 Å². The molecule has 2 atom stereocenters. The van der Waals surface area contributed by atoms with Gasteiger partial charge >= 0.3 is 0 Å². The lowest BCUT2D eigenvalue weighted by molar-refractivity contribution is -0.137. The Morgan fingerprint density at radius 3 is 2.49 bits per heavy atom. The minimum absolute atomic E-state index is 0.0354. The van der Waals surface area contributed by atoms with Crippen LogP contribution in [0.3, 0.4) is 0 Å². The number of likely N-dealkylation sites (N-methyl/N-ethyl adjacent to an activating group) is 1. The van der Waals surface area contributed by atoms with E-state index in [4.69, 9.17) is 9.15 Å². The smallest absolute Gasteiger partial charge is 0.247 e. The Bertz CT molecular complexity index is 1580. The van der Waals surface area contributed by atoms with E-state index in [1.807, 2.05) is 7.05 Å². The first kappa shape index (κ1) is 33.9. The summed E-state index contributed by atoms with van der Waals surface area (Å²) < 4.78 is 26.6. The number of ether oxygens (including phenoxy) is 1. The molecule has 2 N–H and O–H groups in total. The van der Waals surface area contributed by atoms with Crippen molar-refractivity contribution in [2.75, 3.05) is 50.6 Å². The van der Waals surface area contributed by atoms with Gasteiger partial charge in [-0.2, -0.15) is 0 Å². The molecule has 2 fully saturated rings. The topological polar surface area (TPSA) is 124 Å². The van der Waals surface area contributed by atoms with Gasteiger partial charge < -0.3 is 29.6 Å². The number of halogens is 1. The second kappa shape index (κ2) is 15.4. The lowest BCUT2D eigenvalue weighted by atomic mass is 9.82. The Kier molecular flexibility index (Phi) is 11.1. The van der Waals surface area contributed by atoms with Gasteiger partial charge in [-0.25, -0.2) is 4.39 Å². The van der Waals surface area contributed by atoms with Crippen LogP contribution in [-0.2, 0) is 25.6 Å².